The fourth-order valence-electron chi connectivity index (χ4n) is 1.60. The number of hydrogen-bond acceptors (Lipinski definition) is 5. The summed E-state index contributed by atoms with van der Waals surface area (Å²) in [6, 6.07) is 12.2. The SMILES string of the molecule is Cc1ccc(SSc2n[nH]c(-c3ccncc3)n2)cc1. The number of pyridine rings is 1. The van der Waals surface area contributed by atoms with Gasteiger partial charge in [-0.15, -0.1) is 5.10 Å². The number of aryl methyl sites for hydroxylation is 1. The summed E-state index contributed by atoms with van der Waals surface area (Å²) in [7, 11) is 3.19. The van der Waals surface area contributed by atoms with Gasteiger partial charge >= 0.3 is 0 Å². The van der Waals surface area contributed by atoms with Gasteiger partial charge in [0.25, 0.3) is 0 Å². The molecule has 0 aliphatic heterocycles. The molecule has 0 bridgehead atoms. The van der Waals surface area contributed by atoms with Crippen molar-refractivity contribution in [1.29, 1.82) is 0 Å². The molecule has 100 valence electrons. The summed E-state index contributed by atoms with van der Waals surface area (Å²) in [6.07, 6.45) is 3.48. The van der Waals surface area contributed by atoms with Crippen LogP contribution in [0.3, 0.4) is 0 Å². The molecular formula is C14H12N4S2. The van der Waals surface area contributed by atoms with Gasteiger partial charge in [0.05, 0.1) is 0 Å². The summed E-state index contributed by atoms with van der Waals surface area (Å²) in [5, 5.41) is 7.88. The molecule has 4 nitrogen and oxygen atoms in total. The van der Waals surface area contributed by atoms with Crippen LogP contribution in [0.5, 0.6) is 0 Å². The first-order valence-electron chi connectivity index (χ1n) is 6.05. The van der Waals surface area contributed by atoms with Gasteiger partial charge in [-0.1, -0.05) is 17.7 Å². The van der Waals surface area contributed by atoms with Crippen molar-refractivity contribution >= 4 is 21.6 Å². The molecular weight excluding hydrogens is 288 g/mol. The molecule has 0 radical (unpaired) electrons. The van der Waals surface area contributed by atoms with Gasteiger partial charge in [0.1, 0.15) is 0 Å². The van der Waals surface area contributed by atoms with Crippen molar-refractivity contribution in [3.63, 3.8) is 0 Å². The second-order valence-electron chi connectivity index (χ2n) is 4.18. The zero-order chi connectivity index (χ0) is 13.8. The molecule has 0 aliphatic rings. The second-order valence-corrected chi connectivity index (χ2v) is 6.35. The average Bonchev–Trinajstić information content (AvgIpc) is 2.97. The summed E-state index contributed by atoms with van der Waals surface area (Å²) in [6.45, 7) is 2.08. The number of benzene rings is 1. The van der Waals surface area contributed by atoms with E-state index >= 15 is 0 Å². The lowest BCUT2D eigenvalue weighted by Crippen LogP contribution is -1.80. The van der Waals surface area contributed by atoms with Crippen molar-refractivity contribution < 1.29 is 0 Å². The Hall–Kier alpha value is -1.79. The monoisotopic (exact) mass is 300 g/mol. The standard InChI is InChI=1S/C14H12N4S2/c1-10-2-4-12(5-3-10)19-20-14-16-13(17-18-14)11-6-8-15-9-7-11/h2-9H,1H3,(H,16,17,18). The normalized spacial score (nSPS) is 10.7. The lowest BCUT2D eigenvalue weighted by Gasteiger charge is -1.98. The zero-order valence-corrected chi connectivity index (χ0v) is 12.4. The largest absolute Gasteiger partial charge is 0.265 e. The highest BCUT2D eigenvalue weighted by Gasteiger charge is 2.06. The maximum atomic E-state index is 4.46. The molecule has 0 unspecified atom stereocenters. The average molecular weight is 300 g/mol. The molecule has 6 heteroatoms. The van der Waals surface area contributed by atoms with Gasteiger partial charge in [0, 0.05) is 22.9 Å². The van der Waals surface area contributed by atoms with Gasteiger partial charge in [0.2, 0.25) is 5.16 Å². The van der Waals surface area contributed by atoms with Crippen LogP contribution in [0.15, 0.2) is 58.8 Å². The van der Waals surface area contributed by atoms with Crippen molar-refractivity contribution in [2.45, 2.75) is 17.0 Å². The predicted molar refractivity (Wildman–Crippen MR) is 82.5 cm³/mol. The molecule has 0 spiro atoms. The Morgan fingerprint density at radius 1 is 0.950 bits per heavy atom. The number of aromatic nitrogens is 4. The van der Waals surface area contributed by atoms with E-state index in [1.807, 2.05) is 12.1 Å². The number of hydrogen-bond donors (Lipinski definition) is 1. The summed E-state index contributed by atoms with van der Waals surface area (Å²) in [5.41, 5.74) is 2.25. The van der Waals surface area contributed by atoms with Gasteiger partial charge in [-0.3, -0.25) is 10.1 Å². The Labute approximate surface area is 124 Å². The van der Waals surface area contributed by atoms with E-state index in [2.05, 4.69) is 51.4 Å². The molecule has 20 heavy (non-hydrogen) atoms. The molecule has 1 N–H and O–H groups in total. The van der Waals surface area contributed by atoms with Crippen LogP contribution in [-0.2, 0) is 0 Å². The molecule has 0 aliphatic carbocycles. The highest BCUT2D eigenvalue weighted by molar-refractivity contribution is 8.76. The second kappa shape index (κ2) is 6.11. The maximum absolute atomic E-state index is 4.46. The molecule has 0 saturated heterocycles. The Kier molecular flexibility index (Phi) is 4.03. The molecule has 2 heterocycles. The number of nitrogens with zero attached hydrogens (tertiary/aromatic N) is 3. The van der Waals surface area contributed by atoms with Crippen molar-refractivity contribution in [3.8, 4) is 11.4 Å². The highest BCUT2D eigenvalue weighted by atomic mass is 33.1. The van der Waals surface area contributed by atoms with E-state index in [1.54, 1.807) is 34.0 Å². The van der Waals surface area contributed by atoms with Gasteiger partial charge in [-0.05, 0) is 52.8 Å². The first-order valence-corrected chi connectivity index (χ1v) is 8.20. The van der Waals surface area contributed by atoms with E-state index in [0.717, 1.165) is 16.5 Å². The Morgan fingerprint density at radius 3 is 2.45 bits per heavy atom. The van der Waals surface area contributed by atoms with E-state index in [4.69, 9.17) is 0 Å². The molecule has 0 fully saturated rings. The van der Waals surface area contributed by atoms with Crippen LogP contribution in [0.25, 0.3) is 11.4 Å². The van der Waals surface area contributed by atoms with E-state index in [0.29, 0.717) is 0 Å². The van der Waals surface area contributed by atoms with Crippen molar-refractivity contribution in [2.24, 2.45) is 0 Å². The third-order valence-electron chi connectivity index (χ3n) is 2.65. The predicted octanol–water partition coefficient (Wildman–Crippen LogP) is 3.97. The molecule has 1 aromatic carbocycles. The highest BCUT2D eigenvalue weighted by Crippen LogP contribution is 2.35. The Balaban J connectivity index is 1.67. The molecule has 0 atom stereocenters. The van der Waals surface area contributed by atoms with Crippen molar-refractivity contribution in [1.82, 2.24) is 20.2 Å². The van der Waals surface area contributed by atoms with Crippen LogP contribution in [0.1, 0.15) is 5.56 Å². The van der Waals surface area contributed by atoms with Gasteiger partial charge < -0.3 is 0 Å². The summed E-state index contributed by atoms with van der Waals surface area (Å²) in [4.78, 5) is 9.64. The fraction of sp³-hybridized carbons (Fsp3) is 0.0714. The van der Waals surface area contributed by atoms with Crippen LogP contribution in [0.2, 0.25) is 0 Å². The lowest BCUT2D eigenvalue weighted by atomic mass is 10.2. The number of H-pyrrole nitrogens is 1. The van der Waals surface area contributed by atoms with Gasteiger partial charge in [0.15, 0.2) is 5.82 Å². The van der Waals surface area contributed by atoms with Crippen LogP contribution < -0.4 is 0 Å². The van der Waals surface area contributed by atoms with Crippen LogP contribution in [0.4, 0.5) is 0 Å². The quantitative estimate of drug-likeness (QED) is 0.739. The minimum Gasteiger partial charge on any atom is -0.265 e. The van der Waals surface area contributed by atoms with E-state index in [1.165, 1.54) is 10.5 Å². The maximum Gasteiger partial charge on any atom is 0.219 e. The van der Waals surface area contributed by atoms with Gasteiger partial charge in [-0.25, -0.2) is 4.98 Å². The molecule has 0 saturated carbocycles. The number of aromatic amines is 1. The first kappa shape index (κ1) is 13.2. The van der Waals surface area contributed by atoms with E-state index in [9.17, 15) is 0 Å². The topological polar surface area (TPSA) is 54.5 Å². The van der Waals surface area contributed by atoms with Gasteiger partial charge in [-0.2, -0.15) is 0 Å². The van der Waals surface area contributed by atoms with Crippen LogP contribution in [0, 0.1) is 6.92 Å². The molecule has 0 amide bonds. The minimum absolute atomic E-state index is 0.724. The third kappa shape index (κ3) is 3.20. The smallest absolute Gasteiger partial charge is 0.219 e. The Morgan fingerprint density at radius 2 is 1.70 bits per heavy atom. The number of nitrogens with one attached hydrogen (secondary N) is 1. The molecule has 2 aromatic heterocycles. The summed E-state index contributed by atoms with van der Waals surface area (Å²) in [5.74, 6) is 0.763. The third-order valence-corrected chi connectivity index (χ3v) is 4.81. The summed E-state index contributed by atoms with van der Waals surface area (Å²) >= 11 is 0. The Bertz CT molecular complexity index is 680. The van der Waals surface area contributed by atoms with Crippen molar-refractivity contribution in [3.05, 3.63) is 54.4 Å². The first-order chi connectivity index (χ1) is 9.81. The van der Waals surface area contributed by atoms with Crippen LogP contribution in [-0.4, -0.2) is 20.2 Å². The van der Waals surface area contributed by atoms with E-state index in [-0.39, 0.29) is 0 Å². The van der Waals surface area contributed by atoms with Crippen LogP contribution >= 0.6 is 21.6 Å². The molecule has 3 rings (SSSR count). The van der Waals surface area contributed by atoms with E-state index < -0.39 is 0 Å². The number of rotatable bonds is 4. The zero-order valence-electron chi connectivity index (χ0n) is 10.8. The summed E-state index contributed by atoms with van der Waals surface area (Å²) < 4.78 is 0. The molecule has 3 aromatic rings. The fourth-order valence-corrected chi connectivity index (χ4v) is 3.30. The van der Waals surface area contributed by atoms with Crippen molar-refractivity contribution in [2.75, 3.05) is 0 Å². The minimum atomic E-state index is 0.724. The lowest BCUT2D eigenvalue weighted by molar-refractivity contribution is 0.979.